The molecule has 3 heterocycles. The van der Waals surface area contributed by atoms with Crippen LogP contribution in [0.5, 0.6) is 5.75 Å². The summed E-state index contributed by atoms with van der Waals surface area (Å²) in [5, 5.41) is 9.59. The van der Waals surface area contributed by atoms with Gasteiger partial charge in [0.25, 0.3) is 0 Å². The summed E-state index contributed by atoms with van der Waals surface area (Å²) in [4.78, 5) is 29.6. The number of carbonyl (C=O) groups excluding carboxylic acids is 2. The molecule has 1 aliphatic rings. The molecule has 10 heteroatoms. The van der Waals surface area contributed by atoms with E-state index in [0.717, 1.165) is 41.6 Å². The highest BCUT2D eigenvalue weighted by Crippen LogP contribution is 2.29. The van der Waals surface area contributed by atoms with Crippen molar-refractivity contribution in [1.29, 1.82) is 0 Å². The monoisotopic (exact) mass is 587 g/mol. The first-order chi connectivity index (χ1) is 20.5. The minimum Gasteiger partial charge on any atom is -0.497 e. The van der Waals surface area contributed by atoms with Gasteiger partial charge in [-0.2, -0.15) is 0 Å². The van der Waals surface area contributed by atoms with Crippen molar-refractivity contribution in [3.05, 3.63) is 78.6 Å². The van der Waals surface area contributed by atoms with Crippen molar-refractivity contribution in [2.75, 3.05) is 32.5 Å². The smallest absolute Gasteiger partial charge is 0.223 e. The van der Waals surface area contributed by atoms with Crippen LogP contribution in [0.4, 0.5) is 0 Å². The molecule has 2 amide bonds. The van der Waals surface area contributed by atoms with Crippen LogP contribution in [0.1, 0.15) is 38.2 Å². The second-order valence-corrected chi connectivity index (χ2v) is 11.4. The van der Waals surface area contributed by atoms with Gasteiger partial charge in [-0.05, 0) is 68.1 Å². The van der Waals surface area contributed by atoms with Crippen molar-refractivity contribution in [3.8, 4) is 23.0 Å². The summed E-state index contributed by atoms with van der Waals surface area (Å²) in [5.74, 6) is 3.17. The molecule has 4 aromatic rings. The summed E-state index contributed by atoms with van der Waals surface area (Å²) < 4.78 is 12.9. The Balaban J connectivity index is 1.08. The second-order valence-electron chi connectivity index (χ2n) is 10.4. The van der Waals surface area contributed by atoms with Gasteiger partial charge in [0.15, 0.2) is 10.9 Å². The average molecular weight is 588 g/mol. The normalized spacial score (nSPS) is 15.1. The maximum absolute atomic E-state index is 13.0. The molecule has 1 unspecified atom stereocenters. The number of carbonyl (C=O) groups is 2. The summed E-state index contributed by atoms with van der Waals surface area (Å²) in [5.41, 5.74) is 2.08. The molecule has 0 saturated carbocycles. The van der Waals surface area contributed by atoms with Gasteiger partial charge >= 0.3 is 0 Å². The topological polar surface area (TPSA) is 93.7 Å². The number of nitrogens with zero attached hydrogens (tertiary/aromatic N) is 5. The molecule has 42 heavy (non-hydrogen) atoms. The highest BCUT2D eigenvalue weighted by Gasteiger charge is 2.29. The summed E-state index contributed by atoms with van der Waals surface area (Å²) in [7, 11) is 1.64. The van der Waals surface area contributed by atoms with Gasteiger partial charge in [-0.15, -0.1) is 10.2 Å². The molecule has 5 rings (SSSR count). The van der Waals surface area contributed by atoms with E-state index in [2.05, 4.69) is 22.3 Å². The lowest BCUT2D eigenvalue weighted by Crippen LogP contribution is -2.55. The van der Waals surface area contributed by atoms with E-state index < -0.39 is 0 Å². The van der Waals surface area contributed by atoms with Crippen molar-refractivity contribution >= 4 is 23.6 Å². The fraction of sp³-hybridized carbons (Fsp3) is 0.375. The largest absolute Gasteiger partial charge is 0.497 e. The molecule has 1 atom stereocenters. The zero-order chi connectivity index (χ0) is 29.3. The number of thioether (sulfide) groups is 1. The lowest BCUT2D eigenvalue weighted by Gasteiger charge is -2.40. The summed E-state index contributed by atoms with van der Waals surface area (Å²) in [6.45, 7) is 3.81. The van der Waals surface area contributed by atoms with Gasteiger partial charge in [0.1, 0.15) is 5.75 Å². The van der Waals surface area contributed by atoms with Crippen molar-refractivity contribution < 1.29 is 18.7 Å². The van der Waals surface area contributed by atoms with Crippen molar-refractivity contribution in [3.63, 3.8) is 0 Å². The lowest BCUT2D eigenvalue weighted by atomic mass is 10.1. The third-order valence-corrected chi connectivity index (χ3v) is 8.51. The number of ether oxygens (including phenoxy) is 1. The van der Waals surface area contributed by atoms with E-state index in [1.807, 2.05) is 75.9 Å². The van der Waals surface area contributed by atoms with E-state index in [1.54, 1.807) is 25.1 Å². The maximum Gasteiger partial charge on any atom is 0.223 e. The highest BCUT2D eigenvalue weighted by molar-refractivity contribution is 7.99. The van der Waals surface area contributed by atoms with E-state index in [-0.39, 0.29) is 17.9 Å². The Hall–Kier alpha value is -4.05. The summed E-state index contributed by atoms with van der Waals surface area (Å²) >= 11 is 1.61. The molecule has 0 aliphatic carbocycles. The van der Waals surface area contributed by atoms with Crippen LogP contribution in [-0.4, -0.2) is 74.9 Å². The van der Waals surface area contributed by atoms with E-state index in [0.29, 0.717) is 44.1 Å². The summed E-state index contributed by atoms with van der Waals surface area (Å²) in [6.07, 6.45) is 5.02. The molecule has 2 aromatic carbocycles. The van der Waals surface area contributed by atoms with Gasteiger partial charge in [-0.25, -0.2) is 0 Å². The van der Waals surface area contributed by atoms with Crippen LogP contribution >= 0.6 is 11.8 Å². The van der Waals surface area contributed by atoms with Gasteiger partial charge in [-0.1, -0.05) is 42.1 Å². The number of unbranched alkanes of at least 4 members (excludes halogenated alkanes) is 1. The fourth-order valence-electron chi connectivity index (χ4n) is 5.19. The Kier molecular flexibility index (Phi) is 9.97. The Labute approximate surface area is 250 Å². The van der Waals surface area contributed by atoms with E-state index in [4.69, 9.17) is 9.15 Å². The van der Waals surface area contributed by atoms with Crippen LogP contribution in [0.3, 0.4) is 0 Å². The molecule has 220 valence electrons. The number of benzene rings is 2. The Bertz CT molecular complexity index is 1440. The number of aryl methyl sites for hydroxylation is 1. The molecule has 1 aliphatic heterocycles. The fourth-order valence-corrected chi connectivity index (χ4v) is 6.14. The molecule has 9 nitrogen and oxygen atoms in total. The number of hydrogen-bond donors (Lipinski definition) is 0. The number of amides is 2. The number of piperazine rings is 1. The quantitative estimate of drug-likeness (QED) is 0.160. The van der Waals surface area contributed by atoms with Crippen LogP contribution in [0, 0.1) is 0 Å². The maximum atomic E-state index is 13.0. The van der Waals surface area contributed by atoms with Crippen molar-refractivity contribution in [2.45, 2.75) is 50.2 Å². The lowest BCUT2D eigenvalue weighted by molar-refractivity contribution is -0.142. The molecule has 1 saturated heterocycles. The minimum absolute atomic E-state index is 0.0224. The number of furan rings is 1. The SMILES string of the molecule is COc1ccc(-n2c(SCCCCC(=O)N3CCN(C(=O)CCc4ccccc4)C(C)C3)nnc2-c2ccco2)cc1. The standard InChI is InChI=1S/C32H37N5O4S/c1-24-23-35(19-20-36(24)30(39)18-13-25-9-4-3-5-10-25)29(38)12-6-7-22-42-32-34-33-31(28-11-8-21-41-28)37(32)26-14-16-27(40-2)17-15-26/h3-5,8-11,14-17,21,24H,6-7,12-13,18-20,22-23H2,1-2H3. The zero-order valence-electron chi connectivity index (χ0n) is 24.1. The molecule has 0 radical (unpaired) electrons. The van der Waals surface area contributed by atoms with Crippen molar-refractivity contribution in [1.82, 2.24) is 24.6 Å². The van der Waals surface area contributed by atoms with Gasteiger partial charge < -0.3 is 19.0 Å². The molecule has 0 spiro atoms. The van der Waals surface area contributed by atoms with Crippen LogP contribution < -0.4 is 4.74 Å². The molecule has 1 fully saturated rings. The van der Waals surface area contributed by atoms with E-state index in [9.17, 15) is 9.59 Å². The van der Waals surface area contributed by atoms with Gasteiger partial charge in [-0.3, -0.25) is 14.2 Å². The molecule has 0 N–H and O–H groups in total. The number of methoxy groups -OCH3 is 1. The summed E-state index contributed by atoms with van der Waals surface area (Å²) in [6, 6.07) is 21.5. The molecular weight excluding hydrogens is 550 g/mol. The van der Waals surface area contributed by atoms with Gasteiger partial charge in [0.2, 0.25) is 17.6 Å². The Morgan fingerprint density at radius 2 is 1.76 bits per heavy atom. The van der Waals surface area contributed by atoms with Gasteiger partial charge in [0.05, 0.1) is 19.1 Å². The van der Waals surface area contributed by atoms with Crippen LogP contribution in [-0.2, 0) is 16.0 Å². The first-order valence-corrected chi connectivity index (χ1v) is 15.4. The second kappa shape index (κ2) is 14.2. The Morgan fingerprint density at radius 1 is 0.952 bits per heavy atom. The first kappa shape index (κ1) is 29.4. The highest BCUT2D eigenvalue weighted by atomic mass is 32.2. The van der Waals surface area contributed by atoms with Crippen LogP contribution in [0.25, 0.3) is 17.3 Å². The first-order valence-electron chi connectivity index (χ1n) is 14.4. The van der Waals surface area contributed by atoms with E-state index in [1.165, 1.54) is 5.56 Å². The number of aromatic nitrogens is 3. The Morgan fingerprint density at radius 3 is 2.48 bits per heavy atom. The predicted molar refractivity (Wildman–Crippen MR) is 163 cm³/mol. The number of rotatable bonds is 12. The van der Waals surface area contributed by atoms with Crippen molar-refractivity contribution in [2.24, 2.45) is 0 Å². The molecular formula is C32H37N5O4S. The third-order valence-electron chi connectivity index (χ3n) is 7.49. The molecule has 0 bridgehead atoms. The van der Waals surface area contributed by atoms with E-state index >= 15 is 0 Å². The third kappa shape index (κ3) is 7.23. The van der Waals surface area contributed by atoms with Crippen LogP contribution in [0.2, 0.25) is 0 Å². The number of hydrogen-bond acceptors (Lipinski definition) is 7. The zero-order valence-corrected chi connectivity index (χ0v) is 25.0. The van der Waals surface area contributed by atoms with Gasteiger partial charge in [0, 0.05) is 44.3 Å². The molecule has 2 aromatic heterocycles. The minimum atomic E-state index is 0.0224. The predicted octanol–water partition coefficient (Wildman–Crippen LogP) is 5.49. The van der Waals surface area contributed by atoms with Crippen LogP contribution in [0.15, 0.2) is 82.6 Å². The average Bonchev–Trinajstić information content (AvgIpc) is 3.70.